The lowest BCUT2D eigenvalue weighted by molar-refractivity contribution is 0.339. The Morgan fingerprint density at radius 2 is 2.27 bits per heavy atom. The van der Waals surface area contributed by atoms with E-state index in [0.717, 1.165) is 33.9 Å². The zero-order valence-corrected chi connectivity index (χ0v) is 11.8. The van der Waals surface area contributed by atoms with Crippen molar-refractivity contribution < 1.29 is 4.74 Å². The molecule has 0 saturated heterocycles. The van der Waals surface area contributed by atoms with Crippen molar-refractivity contribution in [2.45, 2.75) is 12.8 Å². The van der Waals surface area contributed by atoms with Gasteiger partial charge in [-0.3, -0.25) is 0 Å². The van der Waals surface area contributed by atoms with E-state index < -0.39 is 0 Å². The highest BCUT2D eigenvalue weighted by Gasteiger charge is 2.06. The van der Waals surface area contributed by atoms with Crippen LogP contribution in [0.25, 0.3) is 0 Å². The minimum absolute atomic E-state index is 0.482. The van der Waals surface area contributed by atoms with Crippen LogP contribution in [0.5, 0.6) is 5.75 Å². The fourth-order valence-electron chi connectivity index (χ4n) is 1.17. The van der Waals surface area contributed by atoms with Gasteiger partial charge in [0, 0.05) is 11.3 Å². The van der Waals surface area contributed by atoms with E-state index in [1.54, 1.807) is 0 Å². The summed E-state index contributed by atoms with van der Waals surface area (Å²) in [5.41, 5.74) is 1.03. The molecule has 1 rings (SSSR count). The number of para-hydroxylation sites is 1. The number of rotatable bonds is 6. The van der Waals surface area contributed by atoms with E-state index in [9.17, 15) is 0 Å². The van der Waals surface area contributed by atoms with Gasteiger partial charge < -0.3 is 4.74 Å². The minimum Gasteiger partial charge on any atom is -0.491 e. The molecule has 0 unspecified atom stereocenters. The molecule has 0 radical (unpaired) electrons. The lowest BCUT2D eigenvalue weighted by Gasteiger charge is -2.11. The van der Waals surface area contributed by atoms with E-state index in [1.165, 1.54) is 0 Å². The van der Waals surface area contributed by atoms with Gasteiger partial charge in [0.1, 0.15) is 5.75 Å². The molecule has 0 aliphatic carbocycles. The van der Waals surface area contributed by atoms with Gasteiger partial charge >= 0.3 is 0 Å². The van der Waals surface area contributed by atoms with Crippen molar-refractivity contribution in [3.8, 4) is 5.75 Å². The Kier molecular flexibility index (Phi) is 6.53. The summed E-state index contributed by atoms with van der Waals surface area (Å²) in [6.45, 7) is 2.87. The molecular formula is C11H14BrClOS. The van der Waals surface area contributed by atoms with Gasteiger partial charge in [-0.15, -0.1) is 11.6 Å². The maximum atomic E-state index is 5.84. The topological polar surface area (TPSA) is 9.23 Å². The Morgan fingerprint density at radius 1 is 1.47 bits per heavy atom. The SMILES string of the molecule is CCSCCOc1c(Br)cccc1CCl. The number of benzene rings is 1. The maximum absolute atomic E-state index is 5.84. The zero-order valence-electron chi connectivity index (χ0n) is 8.63. The van der Waals surface area contributed by atoms with Crippen LogP contribution in [0.3, 0.4) is 0 Å². The zero-order chi connectivity index (χ0) is 11.1. The van der Waals surface area contributed by atoms with Crippen LogP contribution in [0, 0.1) is 0 Å². The molecule has 15 heavy (non-hydrogen) atoms. The van der Waals surface area contributed by atoms with Crippen molar-refractivity contribution in [2.24, 2.45) is 0 Å². The van der Waals surface area contributed by atoms with Crippen molar-refractivity contribution in [3.63, 3.8) is 0 Å². The molecule has 0 aliphatic rings. The second kappa shape index (κ2) is 7.42. The third kappa shape index (κ3) is 4.25. The summed E-state index contributed by atoms with van der Waals surface area (Å²) in [5, 5.41) is 0. The summed E-state index contributed by atoms with van der Waals surface area (Å²) in [7, 11) is 0. The molecule has 0 atom stereocenters. The monoisotopic (exact) mass is 308 g/mol. The lowest BCUT2D eigenvalue weighted by Crippen LogP contribution is -2.02. The molecule has 1 aromatic carbocycles. The second-order valence-electron chi connectivity index (χ2n) is 2.91. The Hall–Kier alpha value is 0.140. The third-order valence-corrected chi connectivity index (χ3v) is 3.65. The summed E-state index contributed by atoms with van der Waals surface area (Å²) in [5.74, 6) is 3.50. The molecule has 0 fully saturated rings. The Labute approximate surface area is 109 Å². The second-order valence-corrected chi connectivity index (χ2v) is 5.42. The number of alkyl halides is 1. The quantitative estimate of drug-likeness (QED) is 0.572. The van der Waals surface area contributed by atoms with Gasteiger partial charge in [0.05, 0.1) is 17.0 Å². The number of hydrogen-bond donors (Lipinski definition) is 0. The van der Waals surface area contributed by atoms with E-state index in [1.807, 2.05) is 30.0 Å². The molecule has 1 nitrogen and oxygen atoms in total. The number of hydrogen-bond acceptors (Lipinski definition) is 2. The highest BCUT2D eigenvalue weighted by Crippen LogP contribution is 2.30. The molecule has 0 bridgehead atoms. The van der Waals surface area contributed by atoms with Gasteiger partial charge in [-0.1, -0.05) is 19.1 Å². The first kappa shape index (κ1) is 13.2. The van der Waals surface area contributed by atoms with Crippen LogP contribution < -0.4 is 4.74 Å². The van der Waals surface area contributed by atoms with Gasteiger partial charge in [0.15, 0.2) is 0 Å². The van der Waals surface area contributed by atoms with Crippen molar-refractivity contribution in [3.05, 3.63) is 28.2 Å². The molecule has 0 aromatic heterocycles. The molecule has 0 heterocycles. The van der Waals surface area contributed by atoms with Crippen molar-refractivity contribution in [1.82, 2.24) is 0 Å². The summed E-state index contributed by atoms with van der Waals surface area (Å²) >= 11 is 11.2. The standard InChI is InChI=1S/C11H14BrClOS/c1-2-15-7-6-14-11-9(8-13)4-3-5-10(11)12/h3-5H,2,6-8H2,1H3. The van der Waals surface area contributed by atoms with E-state index in [0.29, 0.717) is 5.88 Å². The van der Waals surface area contributed by atoms with Gasteiger partial charge in [0.2, 0.25) is 0 Å². The van der Waals surface area contributed by atoms with Crippen LogP contribution in [0.15, 0.2) is 22.7 Å². The molecule has 0 amide bonds. The fourth-order valence-corrected chi connectivity index (χ4v) is 2.39. The molecule has 1 aromatic rings. The first-order valence-electron chi connectivity index (χ1n) is 4.83. The van der Waals surface area contributed by atoms with Crippen LogP contribution >= 0.6 is 39.3 Å². The Bertz CT molecular complexity index is 307. The van der Waals surface area contributed by atoms with E-state index in [4.69, 9.17) is 16.3 Å². The van der Waals surface area contributed by atoms with Crippen LogP contribution in [-0.4, -0.2) is 18.1 Å². The maximum Gasteiger partial charge on any atom is 0.137 e. The van der Waals surface area contributed by atoms with Crippen LogP contribution in [0.1, 0.15) is 12.5 Å². The van der Waals surface area contributed by atoms with Crippen LogP contribution in [0.2, 0.25) is 0 Å². The van der Waals surface area contributed by atoms with Gasteiger partial charge in [-0.2, -0.15) is 11.8 Å². The normalized spacial score (nSPS) is 10.3. The Balaban J connectivity index is 2.58. The van der Waals surface area contributed by atoms with Gasteiger partial charge in [-0.05, 0) is 27.7 Å². The van der Waals surface area contributed by atoms with E-state index in [-0.39, 0.29) is 0 Å². The number of halogens is 2. The summed E-state index contributed by atoms with van der Waals surface area (Å²) < 4.78 is 6.68. The number of ether oxygens (including phenoxy) is 1. The molecule has 0 spiro atoms. The smallest absolute Gasteiger partial charge is 0.137 e. The van der Waals surface area contributed by atoms with E-state index in [2.05, 4.69) is 22.9 Å². The third-order valence-electron chi connectivity index (χ3n) is 1.87. The molecule has 0 saturated carbocycles. The summed E-state index contributed by atoms with van der Waals surface area (Å²) in [6.07, 6.45) is 0. The largest absolute Gasteiger partial charge is 0.491 e. The molecular weight excluding hydrogens is 296 g/mol. The first-order valence-corrected chi connectivity index (χ1v) is 7.31. The van der Waals surface area contributed by atoms with Crippen molar-refractivity contribution in [1.29, 1.82) is 0 Å². The van der Waals surface area contributed by atoms with Crippen LogP contribution in [-0.2, 0) is 5.88 Å². The van der Waals surface area contributed by atoms with Gasteiger partial charge in [0.25, 0.3) is 0 Å². The molecule has 84 valence electrons. The van der Waals surface area contributed by atoms with E-state index >= 15 is 0 Å². The average Bonchev–Trinajstić information content (AvgIpc) is 2.26. The van der Waals surface area contributed by atoms with Gasteiger partial charge in [-0.25, -0.2) is 0 Å². The minimum atomic E-state index is 0.482. The number of thioether (sulfide) groups is 1. The van der Waals surface area contributed by atoms with Crippen molar-refractivity contribution >= 4 is 39.3 Å². The fraction of sp³-hybridized carbons (Fsp3) is 0.455. The van der Waals surface area contributed by atoms with Crippen molar-refractivity contribution in [2.75, 3.05) is 18.1 Å². The molecule has 4 heteroatoms. The first-order chi connectivity index (χ1) is 7.29. The molecule has 0 N–H and O–H groups in total. The average molecular weight is 310 g/mol. The van der Waals surface area contributed by atoms with Crippen LogP contribution in [0.4, 0.5) is 0 Å². The summed E-state index contributed by atoms with van der Waals surface area (Å²) in [4.78, 5) is 0. The summed E-state index contributed by atoms with van der Waals surface area (Å²) in [6, 6.07) is 5.92. The molecule has 0 aliphatic heterocycles. The highest BCUT2D eigenvalue weighted by molar-refractivity contribution is 9.10. The highest BCUT2D eigenvalue weighted by atomic mass is 79.9. The predicted molar refractivity (Wildman–Crippen MR) is 72.2 cm³/mol. The predicted octanol–water partition coefficient (Wildman–Crippen LogP) is 4.32. The lowest BCUT2D eigenvalue weighted by atomic mass is 10.2. The Morgan fingerprint density at radius 3 is 2.93 bits per heavy atom.